The van der Waals surface area contributed by atoms with Gasteiger partial charge in [-0.05, 0) is 12.8 Å². The maximum Gasteiger partial charge on any atom is 0.375 e. The molecule has 1 aliphatic rings. The van der Waals surface area contributed by atoms with Crippen molar-refractivity contribution in [3.05, 3.63) is 0 Å². The number of carbonyl (C=O) groups excluding carboxylic acids is 1. The molecule has 3 nitrogen and oxygen atoms in total. The van der Waals surface area contributed by atoms with Crippen LogP contribution < -0.4 is 0 Å². The van der Waals surface area contributed by atoms with E-state index in [9.17, 15) is 18.4 Å². The lowest BCUT2D eigenvalue weighted by Crippen LogP contribution is -2.42. The van der Waals surface area contributed by atoms with E-state index in [-0.39, 0.29) is 12.8 Å². The topological polar surface area (TPSA) is 54.4 Å². The molecule has 13 heavy (non-hydrogen) atoms. The van der Waals surface area contributed by atoms with Crippen LogP contribution in [-0.2, 0) is 9.59 Å². The largest absolute Gasteiger partial charge is 0.477 e. The lowest BCUT2D eigenvalue weighted by molar-refractivity contribution is -0.178. The molecule has 0 saturated heterocycles. The fourth-order valence-corrected chi connectivity index (χ4v) is 1.52. The molecule has 5 heteroatoms. The molecular weight excluding hydrogens is 182 g/mol. The van der Waals surface area contributed by atoms with Gasteiger partial charge in [0.05, 0.1) is 5.92 Å². The van der Waals surface area contributed by atoms with E-state index < -0.39 is 23.6 Å². The summed E-state index contributed by atoms with van der Waals surface area (Å²) in [6.07, 6.45) is 1.15. The van der Waals surface area contributed by atoms with E-state index in [2.05, 4.69) is 0 Å². The molecule has 1 atom stereocenters. The molecule has 1 rings (SSSR count). The number of ketones is 1. The monoisotopic (exact) mass is 192 g/mol. The van der Waals surface area contributed by atoms with Crippen molar-refractivity contribution in [2.75, 3.05) is 0 Å². The molecule has 0 heterocycles. The number of alkyl halides is 2. The predicted octanol–water partition coefficient (Wildman–Crippen LogP) is 1.47. The Labute approximate surface area is 73.7 Å². The third kappa shape index (κ3) is 1.84. The first-order chi connectivity index (χ1) is 5.96. The van der Waals surface area contributed by atoms with Crippen molar-refractivity contribution in [1.82, 2.24) is 0 Å². The number of carboxylic acids is 1. The smallest absolute Gasteiger partial charge is 0.375 e. The van der Waals surface area contributed by atoms with E-state index in [0.717, 1.165) is 0 Å². The van der Waals surface area contributed by atoms with Gasteiger partial charge in [0.2, 0.25) is 0 Å². The molecule has 0 aromatic heterocycles. The van der Waals surface area contributed by atoms with E-state index in [0.29, 0.717) is 12.8 Å². The van der Waals surface area contributed by atoms with Crippen molar-refractivity contribution in [2.45, 2.75) is 31.6 Å². The summed E-state index contributed by atoms with van der Waals surface area (Å²) in [5, 5.41) is 8.21. The van der Waals surface area contributed by atoms with Crippen LogP contribution in [0.4, 0.5) is 8.78 Å². The highest BCUT2D eigenvalue weighted by atomic mass is 19.3. The Hall–Kier alpha value is -1.00. The van der Waals surface area contributed by atoms with Gasteiger partial charge in [0, 0.05) is 6.42 Å². The zero-order valence-corrected chi connectivity index (χ0v) is 6.93. The van der Waals surface area contributed by atoms with E-state index >= 15 is 0 Å². The minimum Gasteiger partial charge on any atom is -0.477 e. The van der Waals surface area contributed by atoms with Gasteiger partial charge in [0.25, 0.3) is 0 Å². The molecule has 0 aromatic carbocycles. The van der Waals surface area contributed by atoms with E-state index in [1.54, 1.807) is 0 Å². The number of halogens is 2. The maximum absolute atomic E-state index is 12.9. The Morgan fingerprint density at radius 2 is 2.08 bits per heavy atom. The van der Waals surface area contributed by atoms with Crippen LogP contribution in [0.2, 0.25) is 0 Å². The summed E-state index contributed by atoms with van der Waals surface area (Å²) in [5.74, 6) is -8.33. The summed E-state index contributed by atoms with van der Waals surface area (Å²) in [6, 6.07) is 0. The number of hydrogen-bond donors (Lipinski definition) is 1. The summed E-state index contributed by atoms with van der Waals surface area (Å²) < 4.78 is 25.7. The molecule has 1 N–H and O–H groups in total. The molecule has 0 radical (unpaired) electrons. The Morgan fingerprint density at radius 3 is 2.54 bits per heavy atom. The predicted molar refractivity (Wildman–Crippen MR) is 39.5 cm³/mol. The summed E-state index contributed by atoms with van der Waals surface area (Å²) in [6.45, 7) is 0. The van der Waals surface area contributed by atoms with Crippen LogP contribution >= 0.6 is 0 Å². The molecule has 0 aromatic rings. The van der Waals surface area contributed by atoms with Gasteiger partial charge in [0.1, 0.15) is 5.78 Å². The molecular formula is C8H10F2O3. The van der Waals surface area contributed by atoms with Gasteiger partial charge in [-0.3, -0.25) is 4.79 Å². The number of Topliss-reactive ketones (excluding diaryl/α,β-unsaturated/α-hetero) is 1. The molecule has 0 spiro atoms. The van der Waals surface area contributed by atoms with Crippen molar-refractivity contribution in [3.8, 4) is 0 Å². The number of rotatable bonds is 2. The average molecular weight is 192 g/mol. The van der Waals surface area contributed by atoms with Crippen molar-refractivity contribution in [3.63, 3.8) is 0 Å². The number of carboxylic acid groups (broad SMARTS) is 1. The maximum atomic E-state index is 12.9. The molecule has 1 saturated carbocycles. The Balaban J connectivity index is 2.79. The third-order valence-electron chi connectivity index (χ3n) is 2.28. The first-order valence-electron chi connectivity index (χ1n) is 4.10. The number of aliphatic carboxylic acids is 1. The molecule has 0 aliphatic heterocycles. The quantitative estimate of drug-likeness (QED) is 0.720. The number of hydrogen-bond acceptors (Lipinski definition) is 2. The zero-order valence-electron chi connectivity index (χ0n) is 6.93. The summed E-state index contributed by atoms with van der Waals surface area (Å²) in [5.41, 5.74) is 0. The van der Waals surface area contributed by atoms with Crippen LogP contribution in [0.15, 0.2) is 0 Å². The summed E-state index contributed by atoms with van der Waals surface area (Å²) >= 11 is 0. The highest BCUT2D eigenvalue weighted by Crippen LogP contribution is 2.34. The van der Waals surface area contributed by atoms with Gasteiger partial charge in [-0.1, -0.05) is 6.42 Å². The van der Waals surface area contributed by atoms with Crippen LogP contribution in [0, 0.1) is 5.92 Å². The Morgan fingerprint density at radius 1 is 1.46 bits per heavy atom. The van der Waals surface area contributed by atoms with Crippen molar-refractivity contribution in [2.24, 2.45) is 5.92 Å². The van der Waals surface area contributed by atoms with Gasteiger partial charge in [0.15, 0.2) is 0 Å². The van der Waals surface area contributed by atoms with Crippen LogP contribution in [0.5, 0.6) is 0 Å². The van der Waals surface area contributed by atoms with Gasteiger partial charge in [-0.15, -0.1) is 0 Å². The van der Waals surface area contributed by atoms with Crippen molar-refractivity contribution in [1.29, 1.82) is 0 Å². The second-order valence-corrected chi connectivity index (χ2v) is 3.19. The zero-order chi connectivity index (χ0) is 10.1. The Kier molecular flexibility index (Phi) is 2.63. The first kappa shape index (κ1) is 10.1. The fourth-order valence-electron chi connectivity index (χ4n) is 1.52. The normalized spacial score (nSPS) is 24.5. The molecule has 0 amide bonds. The van der Waals surface area contributed by atoms with Crippen LogP contribution in [-0.4, -0.2) is 22.8 Å². The minimum absolute atomic E-state index is 0.0157. The van der Waals surface area contributed by atoms with Gasteiger partial charge in [-0.25, -0.2) is 4.79 Å². The molecule has 1 fully saturated rings. The van der Waals surface area contributed by atoms with Gasteiger partial charge in [-0.2, -0.15) is 8.78 Å². The van der Waals surface area contributed by atoms with E-state index in [1.807, 2.05) is 0 Å². The van der Waals surface area contributed by atoms with Crippen molar-refractivity contribution < 1.29 is 23.5 Å². The molecule has 74 valence electrons. The number of carbonyl (C=O) groups is 2. The van der Waals surface area contributed by atoms with Crippen LogP contribution in [0.3, 0.4) is 0 Å². The summed E-state index contributed by atoms with van der Waals surface area (Å²) in [4.78, 5) is 21.2. The van der Waals surface area contributed by atoms with E-state index in [1.165, 1.54) is 0 Å². The van der Waals surface area contributed by atoms with Gasteiger partial charge < -0.3 is 5.11 Å². The van der Waals surface area contributed by atoms with Crippen LogP contribution in [0.25, 0.3) is 0 Å². The third-order valence-corrected chi connectivity index (χ3v) is 2.28. The standard InChI is InChI=1S/C8H10F2O3/c9-8(10,7(12)13)5-3-1-2-4-6(5)11/h5H,1-4H2,(H,12,13). The summed E-state index contributed by atoms with van der Waals surface area (Å²) in [7, 11) is 0. The highest BCUT2D eigenvalue weighted by molar-refractivity contribution is 5.89. The lowest BCUT2D eigenvalue weighted by atomic mass is 9.83. The van der Waals surface area contributed by atoms with Crippen LogP contribution in [0.1, 0.15) is 25.7 Å². The van der Waals surface area contributed by atoms with Gasteiger partial charge >= 0.3 is 11.9 Å². The molecule has 1 aliphatic carbocycles. The SMILES string of the molecule is O=C1CCCCC1C(F)(F)C(=O)O. The Bertz CT molecular complexity index is 238. The fraction of sp³-hybridized carbons (Fsp3) is 0.750. The molecule has 1 unspecified atom stereocenters. The lowest BCUT2D eigenvalue weighted by Gasteiger charge is -2.25. The highest BCUT2D eigenvalue weighted by Gasteiger charge is 2.51. The average Bonchev–Trinajstić information content (AvgIpc) is 2.04. The van der Waals surface area contributed by atoms with Crippen molar-refractivity contribution >= 4 is 11.8 Å². The first-order valence-corrected chi connectivity index (χ1v) is 4.10. The second kappa shape index (κ2) is 3.40. The minimum atomic E-state index is -3.89. The molecule has 0 bridgehead atoms. The second-order valence-electron chi connectivity index (χ2n) is 3.19. The van der Waals surface area contributed by atoms with E-state index in [4.69, 9.17) is 5.11 Å².